The minimum absolute atomic E-state index is 0.0570. The third-order valence-corrected chi connectivity index (χ3v) is 5.95. The first-order chi connectivity index (χ1) is 15.0. The van der Waals surface area contributed by atoms with Crippen molar-refractivity contribution in [3.05, 3.63) is 88.3 Å². The molecular formula is C24H21N3O3S. The summed E-state index contributed by atoms with van der Waals surface area (Å²) in [4.78, 5) is 35.4. The van der Waals surface area contributed by atoms with Crippen LogP contribution < -0.4 is 10.3 Å². The van der Waals surface area contributed by atoms with E-state index in [1.165, 1.54) is 16.3 Å². The zero-order valence-electron chi connectivity index (χ0n) is 17.4. The zero-order chi connectivity index (χ0) is 22.0. The number of benzene rings is 2. The summed E-state index contributed by atoms with van der Waals surface area (Å²) in [7, 11) is 1.58. The number of thioether (sulfide) groups is 1. The molecule has 0 aliphatic carbocycles. The molecule has 31 heavy (non-hydrogen) atoms. The Balaban J connectivity index is 1.76. The first kappa shape index (κ1) is 20.8. The van der Waals surface area contributed by atoms with Crippen LogP contribution in [0.2, 0.25) is 0 Å². The zero-order valence-corrected chi connectivity index (χ0v) is 18.2. The van der Waals surface area contributed by atoms with Gasteiger partial charge in [0.1, 0.15) is 11.6 Å². The largest absolute Gasteiger partial charge is 0.497 e. The maximum Gasteiger partial charge on any atom is 0.267 e. The molecule has 1 unspecified atom stereocenters. The number of pyridine rings is 1. The van der Waals surface area contributed by atoms with Crippen LogP contribution >= 0.6 is 11.8 Å². The van der Waals surface area contributed by atoms with E-state index in [0.29, 0.717) is 33.2 Å². The van der Waals surface area contributed by atoms with Gasteiger partial charge in [-0.2, -0.15) is 0 Å². The van der Waals surface area contributed by atoms with Gasteiger partial charge in [0.2, 0.25) is 0 Å². The van der Waals surface area contributed by atoms with E-state index >= 15 is 0 Å². The van der Waals surface area contributed by atoms with E-state index in [1.807, 2.05) is 26.0 Å². The third kappa shape index (κ3) is 4.22. The Kier molecular flexibility index (Phi) is 5.86. The van der Waals surface area contributed by atoms with Crippen LogP contribution in [0, 0.1) is 6.92 Å². The molecule has 1 atom stereocenters. The molecule has 0 amide bonds. The van der Waals surface area contributed by atoms with Gasteiger partial charge in [0.25, 0.3) is 5.56 Å². The second-order valence-corrected chi connectivity index (χ2v) is 8.41. The summed E-state index contributed by atoms with van der Waals surface area (Å²) in [5, 5.41) is 0.468. The number of aromatic nitrogens is 3. The summed E-state index contributed by atoms with van der Waals surface area (Å²) in [5.41, 5.74) is 1.93. The van der Waals surface area contributed by atoms with E-state index in [9.17, 15) is 9.59 Å². The standard InChI is InChI=1S/C24H21N3O3S/c1-15-8-13-21(25-14-15)27-23(29)19-6-4-5-7-20(19)26-24(27)31-16(2)22(28)17-9-11-18(30-3)12-10-17/h4-14,16H,1-3H3. The van der Waals surface area contributed by atoms with Gasteiger partial charge in [-0.15, -0.1) is 0 Å². The van der Waals surface area contributed by atoms with Gasteiger partial charge >= 0.3 is 0 Å². The number of aryl methyl sites for hydroxylation is 1. The van der Waals surface area contributed by atoms with Crippen LogP contribution in [0.3, 0.4) is 0 Å². The van der Waals surface area contributed by atoms with E-state index in [2.05, 4.69) is 4.98 Å². The minimum atomic E-state index is -0.460. The van der Waals surface area contributed by atoms with Crippen LogP contribution in [0.15, 0.2) is 76.8 Å². The number of ketones is 1. The fourth-order valence-electron chi connectivity index (χ4n) is 3.19. The number of methoxy groups -OCH3 is 1. The van der Waals surface area contributed by atoms with Gasteiger partial charge in [0.05, 0.1) is 23.3 Å². The lowest BCUT2D eigenvalue weighted by Crippen LogP contribution is -2.24. The highest BCUT2D eigenvalue weighted by Gasteiger charge is 2.21. The molecule has 0 aliphatic rings. The van der Waals surface area contributed by atoms with Crippen molar-refractivity contribution >= 4 is 28.4 Å². The molecule has 0 bridgehead atoms. The monoisotopic (exact) mass is 431 g/mol. The van der Waals surface area contributed by atoms with Crippen molar-refractivity contribution in [3.8, 4) is 11.6 Å². The number of para-hydroxylation sites is 1. The van der Waals surface area contributed by atoms with Crippen LogP contribution in [-0.4, -0.2) is 32.7 Å². The Bertz CT molecular complexity index is 1300. The highest BCUT2D eigenvalue weighted by molar-refractivity contribution is 8.00. The summed E-state index contributed by atoms with van der Waals surface area (Å²) in [6.45, 7) is 3.74. The number of rotatable bonds is 6. The highest BCUT2D eigenvalue weighted by atomic mass is 32.2. The van der Waals surface area contributed by atoms with Gasteiger partial charge in [0.15, 0.2) is 10.9 Å². The van der Waals surface area contributed by atoms with Crippen molar-refractivity contribution in [2.45, 2.75) is 24.3 Å². The van der Waals surface area contributed by atoms with Crippen molar-refractivity contribution < 1.29 is 9.53 Å². The normalized spacial score (nSPS) is 12.0. The summed E-state index contributed by atoms with van der Waals surface area (Å²) in [5.74, 6) is 1.10. The van der Waals surface area contributed by atoms with Gasteiger partial charge in [-0.25, -0.2) is 14.5 Å². The topological polar surface area (TPSA) is 74.1 Å². The van der Waals surface area contributed by atoms with Gasteiger partial charge < -0.3 is 4.74 Å². The molecule has 2 aromatic heterocycles. The number of carbonyl (C=O) groups excluding carboxylic acids is 1. The number of hydrogen-bond acceptors (Lipinski definition) is 6. The first-order valence-corrected chi connectivity index (χ1v) is 10.7. The van der Waals surface area contributed by atoms with Gasteiger partial charge in [-0.1, -0.05) is 30.0 Å². The first-order valence-electron chi connectivity index (χ1n) is 9.77. The Hall–Kier alpha value is -3.45. The van der Waals surface area contributed by atoms with Crippen molar-refractivity contribution in [1.29, 1.82) is 0 Å². The maximum absolute atomic E-state index is 13.3. The molecule has 2 aromatic carbocycles. The Morgan fingerprint density at radius 3 is 2.48 bits per heavy atom. The molecule has 156 valence electrons. The van der Waals surface area contributed by atoms with E-state index in [1.54, 1.807) is 61.8 Å². The molecule has 0 aliphatic heterocycles. The smallest absolute Gasteiger partial charge is 0.267 e. The maximum atomic E-state index is 13.3. The average molecular weight is 432 g/mol. The molecule has 0 saturated carbocycles. The number of fused-ring (bicyclic) bond motifs is 1. The van der Waals surface area contributed by atoms with Gasteiger partial charge in [-0.3, -0.25) is 9.59 Å². The number of nitrogens with zero attached hydrogens (tertiary/aromatic N) is 3. The minimum Gasteiger partial charge on any atom is -0.497 e. The second-order valence-electron chi connectivity index (χ2n) is 7.10. The predicted octanol–water partition coefficient (Wildman–Crippen LogP) is 4.46. The number of hydrogen-bond donors (Lipinski definition) is 0. The third-order valence-electron chi connectivity index (χ3n) is 4.90. The fraction of sp³-hybridized carbons (Fsp3) is 0.167. The summed E-state index contributed by atoms with van der Waals surface area (Å²) in [6.07, 6.45) is 1.71. The Morgan fingerprint density at radius 1 is 1.06 bits per heavy atom. The number of carbonyl (C=O) groups is 1. The molecule has 0 saturated heterocycles. The lowest BCUT2D eigenvalue weighted by Gasteiger charge is -2.15. The van der Waals surface area contributed by atoms with Crippen LogP contribution in [0.4, 0.5) is 0 Å². The summed E-state index contributed by atoms with van der Waals surface area (Å²) in [6, 6.07) is 17.8. The molecule has 0 radical (unpaired) electrons. The Labute approximate surface area is 183 Å². The molecular weight excluding hydrogens is 410 g/mol. The van der Waals surface area contributed by atoms with Crippen LogP contribution in [0.25, 0.3) is 16.7 Å². The molecule has 6 nitrogen and oxygen atoms in total. The molecule has 4 rings (SSSR count). The molecule has 0 N–H and O–H groups in total. The van der Waals surface area contributed by atoms with Crippen molar-refractivity contribution in [2.75, 3.05) is 7.11 Å². The van der Waals surface area contributed by atoms with Crippen molar-refractivity contribution in [3.63, 3.8) is 0 Å². The van der Waals surface area contributed by atoms with Crippen LogP contribution in [0.1, 0.15) is 22.8 Å². The van der Waals surface area contributed by atoms with E-state index in [4.69, 9.17) is 9.72 Å². The molecule has 7 heteroatoms. The lowest BCUT2D eigenvalue weighted by molar-refractivity contribution is 0.0994. The quantitative estimate of drug-likeness (QED) is 0.255. The number of Topliss-reactive ketones (excluding diaryl/α,β-unsaturated/α-hetero) is 1. The number of ether oxygens (including phenoxy) is 1. The lowest BCUT2D eigenvalue weighted by atomic mass is 10.1. The van der Waals surface area contributed by atoms with Crippen LogP contribution in [0.5, 0.6) is 5.75 Å². The SMILES string of the molecule is COc1ccc(C(=O)C(C)Sc2nc3ccccc3c(=O)n2-c2ccc(C)cn2)cc1. The summed E-state index contributed by atoms with van der Waals surface area (Å²) < 4.78 is 6.64. The molecule has 2 heterocycles. The molecule has 0 fully saturated rings. The van der Waals surface area contributed by atoms with E-state index in [-0.39, 0.29) is 11.3 Å². The average Bonchev–Trinajstić information content (AvgIpc) is 2.80. The van der Waals surface area contributed by atoms with E-state index < -0.39 is 5.25 Å². The second kappa shape index (κ2) is 8.73. The van der Waals surface area contributed by atoms with E-state index in [0.717, 1.165) is 5.56 Å². The fourth-order valence-corrected chi connectivity index (χ4v) is 4.18. The van der Waals surface area contributed by atoms with Gasteiger partial charge in [-0.05, 0) is 61.9 Å². The predicted molar refractivity (Wildman–Crippen MR) is 123 cm³/mol. The molecule has 0 spiro atoms. The molecule has 4 aromatic rings. The van der Waals surface area contributed by atoms with Crippen molar-refractivity contribution in [1.82, 2.24) is 14.5 Å². The van der Waals surface area contributed by atoms with Crippen molar-refractivity contribution in [2.24, 2.45) is 0 Å². The summed E-state index contributed by atoms with van der Waals surface area (Å²) >= 11 is 1.24. The Morgan fingerprint density at radius 2 is 1.81 bits per heavy atom. The van der Waals surface area contributed by atoms with Crippen LogP contribution in [-0.2, 0) is 0 Å². The highest BCUT2D eigenvalue weighted by Crippen LogP contribution is 2.27. The van der Waals surface area contributed by atoms with Gasteiger partial charge in [0, 0.05) is 11.8 Å².